The molecule has 3 aliphatic rings. The van der Waals surface area contributed by atoms with Crippen LogP contribution in [0, 0.1) is 11.7 Å². The molecule has 0 amide bonds. The Morgan fingerprint density at radius 3 is 2.54 bits per heavy atom. The fourth-order valence-electron chi connectivity index (χ4n) is 4.52. The average molecular weight is 378 g/mol. The van der Waals surface area contributed by atoms with Crippen molar-refractivity contribution in [2.24, 2.45) is 5.92 Å². The number of aliphatic hydroxyl groups excluding tert-OH is 1. The minimum atomic E-state index is -0.390. The number of hydrogen-bond donors (Lipinski definition) is 1. The van der Waals surface area contributed by atoms with Gasteiger partial charge in [-0.2, -0.15) is 0 Å². The lowest BCUT2D eigenvalue weighted by molar-refractivity contribution is 0.0504. The van der Waals surface area contributed by atoms with Gasteiger partial charge in [-0.1, -0.05) is 35.5 Å². The minimum absolute atomic E-state index is 0.297. The maximum Gasteiger partial charge on any atom is 0.129 e. The first kappa shape index (κ1) is 17.5. The second kappa shape index (κ2) is 7.11. The Kier molecular flexibility index (Phi) is 4.45. The summed E-state index contributed by atoms with van der Waals surface area (Å²) in [6, 6.07) is 13.3. The first-order chi connectivity index (χ1) is 13.7. The molecule has 3 saturated heterocycles. The molecule has 0 unspecified atom stereocenters. The van der Waals surface area contributed by atoms with Gasteiger partial charge >= 0.3 is 0 Å². The second-order valence-corrected chi connectivity index (χ2v) is 7.83. The maximum atomic E-state index is 14.1. The first-order valence-corrected chi connectivity index (χ1v) is 9.85. The molecular weight excluding hydrogens is 355 g/mol. The highest BCUT2D eigenvalue weighted by Crippen LogP contribution is 2.35. The van der Waals surface area contributed by atoms with Gasteiger partial charge in [-0.05, 0) is 55.1 Å². The molecule has 144 valence electrons. The molecule has 0 radical (unpaired) electrons. The molecule has 1 atom stereocenters. The molecule has 6 heteroatoms. The molecule has 3 fully saturated rings. The summed E-state index contributed by atoms with van der Waals surface area (Å²) in [5.74, 6) is 0.303. The van der Waals surface area contributed by atoms with Gasteiger partial charge in [0.15, 0.2) is 0 Å². The third kappa shape index (κ3) is 3.12. The van der Waals surface area contributed by atoms with Gasteiger partial charge in [0.1, 0.15) is 11.5 Å². The van der Waals surface area contributed by atoms with Crippen LogP contribution in [-0.4, -0.2) is 44.6 Å². The number of nitrogens with zero attached hydrogens (tertiary/aromatic N) is 4. The Labute approximate surface area is 163 Å². The number of aliphatic hydroxyl groups is 1. The molecule has 6 rings (SSSR count). The number of halogens is 1. The van der Waals surface area contributed by atoms with Crippen LogP contribution in [0.4, 0.5) is 4.39 Å². The van der Waals surface area contributed by atoms with Crippen molar-refractivity contribution in [1.82, 2.24) is 19.9 Å². The van der Waals surface area contributed by atoms with Crippen LogP contribution in [0.3, 0.4) is 0 Å². The number of rotatable bonds is 4. The number of fused-ring (bicyclic) bond motifs is 3. The smallest absolute Gasteiger partial charge is 0.129 e. The van der Waals surface area contributed by atoms with E-state index in [2.05, 4.69) is 15.2 Å². The maximum absolute atomic E-state index is 14.1. The summed E-state index contributed by atoms with van der Waals surface area (Å²) in [6.07, 6.45) is 4.52. The van der Waals surface area contributed by atoms with Crippen LogP contribution in [0.25, 0.3) is 22.4 Å². The van der Waals surface area contributed by atoms with E-state index in [0.717, 1.165) is 28.9 Å². The lowest BCUT2D eigenvalue weighted by atomic mass is 9.84. The Balaban J connectivity index is 1.43. The summed E-state index contributed by atoms with van der Waals surface area (Å²) in [4.78, 5) is 2.51. The fourth-order valence-corrected chi connectivity index (χ4v) is 4.52. The third-order valence-corrected chi connectivity index (χ3v) is 6.19. The molecule has 3 aliphatic heterocycles. The van der Waals surface area contributed by atoms with Crippen LogP contribution in [0.5, 0.6) is 0 Å². The third-order valence-electron chi connectivity index (χ3n) is 6.19. The van der Waals surface area contributed by atoms with Gasteiger partial charge in [0.2, 0.25) is 0 Å². The zero-order chi connectivity index (χ0) is 19.1. The van der Waals surface area contributed by atoms with Crippen LogP contribution in [0.1, 0.15) is 24.4 Å². The predicted molar refractivity (Wildman–Crippen MR) is 105 cm³/mol. The molecule has 3 aromatic rings. The Bertz CT molecular complexity index is 994. The van der Waals surface area contributed by atoms with Gasteiger partial charge < -0.3 is 10.0 Å². The van der Waals surface area contributed by atoms with E-state index in [4.69, 9.17) is 5.11 Å². The molecule has 0 saturated carbocycles. The standard InChI is InChI=1S/C22H23FN4O/c23-20-11-17(4-5-19(20)14-28)16-2-1-3-18(10-16)21-12-27(25-24-21)22-13-26-8-6-15(22)7-9-26/h1-5,10-12,15,22,28H,6-9,13-14H2/t22-/m0/s1. The van der Waals surface area contributed by atoms with Crippen molar-refractivity contribution in [3.63, 3.8) is 0 Å². The van der Waals surface area contributed by atoms with Crippen molar-refractivity contribution in [3.05, 3.63) is 60.0 Å². The summed E-state index contributed by atoms with van der Waals surface area (Å²) < 4.78 is 16.1. The van der Waals surface area contributed by atoms with Crippen molar-refractivity contribution < 1.29 is 9.50 Å². The van der Waals surface area contributed by atoms with Crippen LogP contribution in [0.15, 0.2) is 48.7 Å². The minimum Gasteiger partial charge on any atom is -0.392 e. The van der Waals surface area contributed by atoms with E-state index in [1.54, 1.807) is 6.07 Å². The average Bonchev–Trinajstić information content (AvgIpc) is 3.25. The zero-order valence-corrected chi connectivity index (χ0v) is 15.6. The monoisotopic (exact) mass is 378 g/mol. The Morgan fingerprint density at radius 2 is 1.82 bits per heavy atom. The Hall–Kier alpha value is -2.57. The number of piperidine rings is 3. The Morgan fingerprint density at radius 1 is 1.04 bits per heavy atom. The van der Waals surface area contributed by atoms with E-state index < -0.39 is 5.82 Å². The lowest BCUT2D eigenvalue weighted by Crippen LogP contribution is -2.48. The summed E-state index contributed by atoms with van der Waals surface area (Å²) in [6.45, 7) is 3.17. The summed E-state index contributed by atoms with van der Waals surface area (Å²) in [5, 5.41) is 18.0. The number of aromatic nitrogens is 3. The van der Waals surface area contributed by atoms with E-state index in [-0.39, 0.29) is 6.61 Å². The van der Waals surface area contributed by atoms with Gasteiger partial charge in [-0.15, -0.1) is 5.10 Å². The molecule has 5 nitrogen and oxygen atoms in total. The van der Waals surface area contributed by atoms with Gasteiger partial charge in [0, 0.05) is 17.7 Å². The van der Waals surface area contributed by atoms with Crippen LogP contribution in [-0.2, 0) is 6.61 Å². The van der Waals surface area contributed by atoms with E-state index in [1.807, 2.05) is 41.2 Å². The molecule has 1 N–H and O–H groups in total. The molecule has 28 heavy (non-hydrogen) atoms. The second-order valence-electron chi connectivity index (χ2n) is 7.83. The van der Waals surface area contributed by atoms with Crippen LogP contribution >= 0.6 is 0 Å². The van der Waals surface area contributed by atoms with Crippen molar-refractivity contribution >= 4 is 0 Å². The number of hydrogen-bond acceptors (Lipinski definition) is 4. The fraction of sp³-hybridized carbons (Fsp3) is 0.364. The van der Waals surface area contributed by atoms with Gasteiger partial charge in [0.25, 0.3) is 0 Å². The predicted octanol–water partition coefficient (Wildman–Crippen LogP) is 3.51. The first-order valence-electron chi connectivity index (χ1n) is 9.85. The summed E-state index contributed by atoms with van der Waals surface area (Å²) in [5.41, 5.74) is 3.81. The quantitative estimate of drug-likeness (QED) is 0.755. The summed E-state index contributed by atoms with van der Waals surface area (Å²) in [7, 11) is 0. The number of benzene rings is 2. The van der Waals surface area contributed by atoms with E-state index in [1.165, 1.54) is 32.0 Å². The molecule has 4 heterocycles. The lowest BCUT2D eigenvalue weighted by Gasteiger charge is -2.44. The van der Waals surface area contributed by atoms with E-state index in [0.29, 0.717) is 17.5 Å². The highest BCUT2D eigenvalue weighted by Gasteiger charge is 2.35. The van der Waals surface area contributed by atoms with Crippen molar-refractivity contribution in [2.75, 3.05) is 19.6 Å². The van der Waals surface area contributed by atoms with E-state index >= 15 is 0 Å². The normalized spacial score (nSPS) is 23.9. The SMILES string of the molecule is OCc1ccc(-c2cccc(-c3cn([C@H]4CN5CCC4CC5)nn3)c2)cc1F. The van der Waals surface area contributed by atoms with Gasteiger partial charge in [0.05, 0.1) is 18.8 Å². The van der Waals surface area contributed by atoms with Crippen LogP contribution < -0.4 is 0 Å². The zero-order valence-electron chi connectivity index (χ0n) is 15.6. The van der Waals surface area contributed by atoms with Crippen molar-refractivity contribution in [1.29, 1.82) is 0 Å². The topological polar surface area (TPSA) is 54.2 Å². The van der Waals surface area contributed by atoms with E-state index in [9.17, 15) is 4.39 Å². The highest BCUT2D eigenvalue weighted by atomic mass is 19.1. The van der Waals surface area contributed by atoms with Gasteiger partial charge in [-0.25, -0.2) is 9.07 Å². The molecule has 1 aromatic heterocycles. The van der Waals surface area contributed by atoms with Crippen LogP contribution in [0.2, 0.25) is 0 Å². The highest BCUT2D eigenvalue weighted by molar-refractivity contribution is 5.71. The summed E-state index contributed by atoms with van der Waals surface area (Å²) >= 11 is 0. The van der Waals surface area contributed by atoms with Gasteiger partial charge in [-0.3, -0.25) is 0 Å². The molecular formula is C22H23FN4O. The molecule has 0 spiro atoms. The molecule has 2 aromatic carbocycles. The molecule has 0 aliphatic carbocycles. The largest absolute Gasteiger partial charge is 0.392 e. The van der Waals surface area contributed by atoms with Crippen molar-refractivity contribution in [3.8, 4) is 22.4 Å². The molecule has 2 bridgehead atoms. The van der Waals surface area contributed by atoms with Crippen molar-refractivity contribution in [2.45, 2.75) is 25.5 Å².